The van der Waals surface area contributed by atoms with E-state index in [4.69, 9.17) is 4.74 Å². The molecular formula is C26H38O3S. The molecule has 2 atom stereocenters. The van der Waals surface area contributed by atoms with Crippen molar-refractivity contribution in [3.05, 3.63) is 47.1 Å². The summed E-state index contributed by atoms with van der Waals surface area (Å²) >= 11 is 1.22. The standard InChI is InChI=1S/C26H38O3S/c1-6-8-10-11-20-16-23(27)25(22-15-19(5)12-13-21(22)18(3)4)24(17-20)29-26(28)30-14-9-7-2/h15-17,21-22,27H,3,6-14H2,1-2,4-5H3/t21-,22+/m0/s1. The SMILES string of the molecule is C=C(C)[C@@H]1CCC(C)=C[C@H]1c1c(O)cc(CCCCC)cc1OC(=O)SCCCC. The molecule has 0 aliphatic heterocycles. The average Bonchev–Trinajstić information content (AvgIpc) is 2.68. The number of thioether (sulfide) groups is 1. The van der Waals surface area contributed by atoms with E-state index in [0.717, 1.165) is 73.8 Å². The Bertz CT molecular complexity index is 766. The third-order valence-electron chi connectivity index (χ3n) is 5.87. The molecule has 0 aromatic heterocycles. The Labute approximate surface area is 187 Å². The van der Waals surface area contributed by atoms with E-state index in [1.54, 1.807) is 0 Å². The van der Waals surface area contributed by atoms with Crippen LogP contribution in [0.3, 0.4) is 0 Å². The lowest BCUT2D eigenvalue weighted by molar-refractivity contribution is 0.226. The van der Waals surface area contributed by atoms with Crippen LogP contribution in [0, 0.1) is 5.92 Å². The van der Waals surface area contributed by atoms with Gasteiger partial charge in [-0.25, -0.2) is 4.79 Å². The summed E-state index contributed by atoms with van der Waals surface area (Å²) in [5.74, 6) is 1.70. The lowest BCUT2D eigenvalue weighted by Gasteiger charge is -2.32. The lowest BCUT2D eigenvalue weighted by Crippen LogP contribution is -2.18. The van der Waals surface area contributed by atoms with Crippen molar-refractivity contribution in [1.29, 1.82) is 0 Å². The Morgan fingerprint density at radius 2 is 1.97 bits per heavy atom. The van der Waals surface area contributed by atoms with Crippen molar-refractivity contribution in [3.63, 3.8) is 0 Å². The molecule has 4 heteroatoms. The number of rotatable bonds is 10. The van der Waals surface area contributed by atoms with E-state index in [1.807, 2.05) is 12.1 Å². The molecule has 0 bridgehead atoms. The van der Waals surface area contributed by atoms with E-state index in [-0.39, 0.29) is 22.9 Å². The second-order valence-corrected chi connectivity index (χ2v) is 9.60. The number of phenolic OH excluding ortho intramolecular Hbond substituents is 1. The fourth-order valence-corrected chi connectivity index (χ4v) is 4.88. The summed E-state index contributed by atoms with van der Waals surface area (Å²) in [5, 5.41) is 10.7. The number of carbonyl (C=O) groups excluding carboxylic acids is 1. The van der Waals surface area contributed by atoms with Crippen molar-refractivity contribution in [2.75, 3.05) is 5.75 Å². The van der Waals surface area contributed by atoms with E-state index in [1.165, 1.54) is 17.3 Å². The van der Waals surface area contributed by atoms with Gasteiger partial charge in [-0.15, -0.1) is 0 Å². The van der Waals surface area contributed by atoms with Crippen LogP contribution in [0.4, 0.5) is 4.79 Å². The Kier molecular flexibility index (Phi) is 10.0. The van der Waals surface area contributed by atoms with Gasteiger partial charge in [-0.1, -0.05) is 56.9 Å². The summed E-state index contributed by atoms with van der Waals surface area (Å²) in [6.45, 7) is 12.7. The molecule has 0 spiro atoms. The van der Waals surface area contributed by atoms with Crippen molar-refractivity contribution in [2.24, 2.45) is 5.92 Å². The maximum Gasteiger partial charge on any atom is 0.372 e. The van der Waals surface area contributed by atoms with Crippen molar-refractivity contribution < 1.29 is 14.6 Å². The summed E-state index contributed by atoms with van der Waals surface area (Å²) in [6.07, 6.45) is 10.5. The van der Waals surface area contributed by atoms with Crippen LogP contribution >= 0.6 is 11.8 Å². The minimum atomic E-state index is -0.293. The minimum Gasteiger partial charge on any atom is -0.507 e. The molecule has 0 fully saturated rings. The predicted molar refractivity (Wildman–Crippen MR) is 129 cm³/mol. The summed E-state index contributed by atoms with van der Waals surface area (Å²) in [7, 11) is 0. The molecule has 0 unspecified atom stereocenters. The topological polar surface area (TPSA) is 46.5 Å². The number of phenols is 1. The van der Waals surface area contributed by atoms with Gasteiger partial charge in [0, 0.05) is 17.2 Å². The minimum absolute atomic E-state index is 0.0237. The molecule has 0 saturated heterocycles. The molecule has 0 amide bonds. The number of aromatic hydroxyl groups is 1. The van der Waals surface area contributed by atoms with Crippen LogP contribution in [-0.4, -0.2) is 16.2 Å². The Balaban J connectivity index is 2.41. The smallest absolute Gasteiger partial charge is 0.372 e. The van der Waals surface area contributed by atoms with E-state index < -0.39 is 0 Å². The van der Waals surface area contributed by atoms with Crippen molar-refractivity contribution in [3.8, 4) is 11.5 Å². The van der Waals surface area contributed by atoms with Crippen LogP contribution < -0.4 is 4.74 Å². The van der Waals surface area contributed by atoms with Gasteiger partial charge in [-0.2, -0.15) is 0 Å². The number of benzene rings is 1. The molecule has 1 aromatic rings. The Morgan fingerprint density at radius 3 is 2.63 bits per heavy atom. The lowest BCUT2D eigenvalue weighted by atomic mass is 9.73. The van der Waals surface area contributed by atoms with Crippen molar-refractivity contribution in [2.45, 2.75) is 85.0 Å². The number of carbonyl (C=O) groups is 1. The summed E-state index contributed by atoms with van der Waals surface area (Å²) in [4.78, 5) is 12.5. The molecule has 0 heterocycles. The first kappa shape index (κ1) is 24.6. The number of ether oxygens (including phenoxy) is 1. The van der Waals surface area contributed by atoms with Crippen LogP contribution in [0.1, 0.15) is 89.7 Å². The highest BCUT2D eigenvalue weighted by Gasteiger charge is 2.31. The van der Waals surface area contributed by atoms with E-state index >= 15 is 0 Å². The van der Waals surface area contributed by atoms with Gasteiger partial charge in [0.15, 0.2) is 0 Å². The van der Waals surface area contributed by atoms with Gasteiger partial charge in [0.1, 0.15) is 11.5 Å². The Morgan fingerprint density at radius 1 is 1.23 bits per heavy atom. The monoisotopic (exact) mass is 430 g/mol. The first-order valence-corrected chi connectivity index (χ1v) is 12.4. The van der Waals surface area contributed by atoms with E-state index in [0.29, 0.717) is 5.75 Å². The molecule has 3 nitrogen and oxygen atoms in total. The molecule has 2 rings (SSSR count). The molecule has 1 N–H and O–H groups in total. The number of unbranched alkanes of at least 4 members (excludes halogenated alkanes) is 3. The third-order valence-corrected chi connectivity index (χ3v) is 6.69. The molecular weight excluding hydrogens is 392 g/mol. The van der Waals surface area contributed by atoms with Gasteiger partial charge in [0.2, 0.25) is 0 Å². The highest BCUT2D eigenvalue weighted by molar-refractivity contribution is 8.13. The summed E-state index contributed by atoms with van der Waals surface area (Å²) in [5.41, 5.74) is 4.16. The average molecular weight is 431 g/mol. The van der Waals surface area contributed by atoms with E-state index in [2.05, 4.69) is 40.3 Å². The molecule has 0 saturated carbocycles. The zero-order valence-electron chi connectivity index (χ0n) is 19.1. The predicted octanol–water partition coefficient (Wildman–Crippen LogP) is 8.17. The molecule has 0 radical (unpaired) electrons. The fraction of sp³-hybridized carbons (Fsp3) is 0.577. The maximum absolute atomic E-state index is 12.5. The number of hydrogen-bond acceptors (Lipinski definition) is 4. The normalized spacial score (nSPS) is 18.7. The summed E-state index contributed by atoms with van der Waals surface area (Å²) in [6, 6.07) is 3.83. The van der Waals surface area contributed by atoms with Crippen LogP contribution in [0.25, 0.3) is 0 Å². The zero-order chi connectivity index (χ0) is 22.1. The van der Waals surface area contributed by atoms with Gasteiger partial charge in [-0.3, -0.25) is 0 Å². The molecule has 1 aliphatic rings. The highest BCUT2D eigenvalue weighted by atomic mass is 32.2. The number of hydrogen-bond donors (Lipinski definition) is 1. The molecule has 1 aromatic carbocycles. The molecule has 166 valence electrons. The first-order chi connectivity index (χ1) is 14.4. The van der Waals surface area contributed by atoms with Crippen LogP contribution in [0.15, 0.2) is 35.9 Å². The fourth-order valence-electron chi connectivity index (χ4n) is 4.14. The van der Waals surface area contributed by atoms with Crippen LogP contribution in [0.2, 0.25) is 0 Å². The number of allylic oxidation sites excluding steroid dienone is 3. The third kappa shape index (κ3) is 6.94. The largest absolute Gasteiger partial charge is 0.507 e. The Hall–Kier alpha value is -1.68. The van der Waals surface area contributed by atoms with Crippen LogP contribution in [-0.2, 0) is 6.42 Å². The van der Waals surface area contributed by atoms with Crippen molar-refractivity contribution in [1.82, 2.24) is 0 Å². The zero-order valence-corrected chi connectivity index (χ0v) is 19.9. The van der Waals surface area contributed by atoms with Crippen LogP contribution in [0.5, 0.6) is 11.5 Å². The number of aryl methyl sites for hydroxylation is 1. The van der Waals surface area contributed by atoms with E-state index in [9.17, 15) is 9.90 Å². The van der Waals surface area contributed by atoms with Gasteiger partial charge in [-0.05, 0) is 81.3 Å². The second kappa shape index (κ2) is 12.2. The van der Waals surface area contributed by atoms with Gasteiger partial charge in [0.25, 0.3) is 0 Å². The van der Waals surface area contributed by atoms with Gasteiger partial charge >= 0.3 is 5.30 Å². The highest BCUT2D eigenvalue weighted by Crippen LogP contribution is 2.47. The first-order valence-electron chi connectivity index (χ1n) is 11.4. The molecule has 30 heavy (non-hydrogen) atoms. The maximum atomic E-state index is 12.5. The second-order valence-electron chi connectivity index (χ2n) is 8.57. The molecule has 1 aliphatic carbocycles. The summed E-state index contributed by atoms with van der Waals surface area (Å²) < 4.78 is 5.84. The van der Waals surface area contributed by atoms with Gasteiger partial charge < -0.3 is 9.84 Å². The van der Waals surface area contributed by atoms with Crippen molar-refractivity contribution >= 4 is 17.1 Å². The van der Waals surface area contributed by atoms with Gasteiger partial charge in [0.05, 0.1) is 0 Å². The quantitative estimate of drug-likeness (QED) is 0.231.